The Morgan fingerprint density at radius 2 is 2.00 bits per heavy atom. The van der Waals surface area contributed by atoms with Gasteiger partial charge in [-0.15, -0.1) is 0 Å². The number of aromatic nitrogens is 1. The van der Waals surface area contributed by atoms with E-state index in [0.29, 0.717) is 5.56 Å². The lowest BCUT2D eigenvalue weighted by atomic mass is 9.77. The third-order valence-electron chi connectivity index (χ3n) is 6.42. The summed E-state index contributed by atoms with van der Waals surface area (Å²) in [7, 11) is 0. The summed E-state index contributed by atoms with van der Waals surface area (Å²) < 4.78 is 30.0. The largest absolute Gasteiger partial charge is 0.403 e. The number of pyridine rings is 1. The zero-order valence-corrected chi connectivity index (χ0v) is 19.3. The van der Waals surface area contributed by atoms with Crippen LogP contribution in [-0.2, 0) is 0 Å². The van der Waals surface area contributed by atoms with E-state index < -0.39 is 23.3 Å². The van der Waals surface area contributed by atoms with E-state index >= 15 is 0 Å². The molecule has 0 saturated heterocycles. The maximum Gasteiger partial charge on any atom is 0.266 e. The van der Waals surface area contributed by atoms with Gasteiger partial charge in [-0.3, -0.25) is 19.1 Å². The Bertz CT molecular complexity index is 1420. The fraction of sp³-hybridized carbons (Fsp3) is 0.222. The zero-order chi connectivity index (χ0) is 25.1. The summed E-state index contributed by atoms with van der Waals surface area (Å²) in [5, 5.41) is 3.00. The van der Waals surface area contributed by atoms with Crippen molar-refractivity contribution in [3.8, 4) is 0 Å². The van der Waals surface area contributed by atoms with Gasteiger partial charge in [-0.1, -0.05) is 37.3 Å². The molecule has 0 radical (unpaired) electrons. The van der Waals surface area contributed by atoms with Crippen LogP contribution in [0.2, 0.25) is 0 Å². The van der Waals surface area contributed by atoms with Crippen molar-refractivity contribution in [3.05, 3.63) is 100 Å². The highest BCUT2D eigenvalue weighted by atomic mass is 19.1. The molecule has 8 heteroatoms. The average molecular weight is 477 g/mol. The first kappa shape index (κ1) is 24.1. The monoisotopic (exact) mass is 476 g/mol. The van der Waals surface area contributed by atoms with Crippen molar-refractivity contribution in [2.45, 2.75) is 32.2 Å². The summed E-state index contributed by atoms with van der Waals surface area (Å²) in [6, 6.07) is 9.90. The van der Waals surface area contributed by atoms with Gasteiger partial charge in [0, 0.05) is 23.5 Å². The van der Waals surface area contributed by atoms with E-state index in [1.54, 1.807) is 25.1 Å². The van der Waals surface area contributed by atoms with Gasteiger partial charge < -0.3 is 11.1 Å². The molecule has 0 bridgehead atoms. The van der Waals surface area contributed by atoms with Crippen LogP contribution >= 0.6 is 0 Å². The molecule has 0 aliphatic heterocycles. The van der Waals surface area contributed by atoms with E-state index in [1.165, 1.54) is 42.9 Å². The van der Waals surface area contributed by atoms with Gasteiger partial charge in [0.25, 0.3) is 11.5 Å². The van der Waals surface area contributed by atoms with Crippen LogP contribution in [0.5, 0.6) is 0 Å². The number of amides is 1. The number of nitrogens with zero attached hydrogens (tertiary/aromatic N) is 2. The lowest BCUT2D eigenvalue weighted by Crippen LogP contribution is -2.38. The number of nitrogens with one attached hydrogen (secondary N) is 1. The summed E-state index contributed by atoms with van der Waals surface area (Å²) in [6.07, 6.45) is 6.65. The number of allylic oxidation sites excluding steroid dienone is 1. The fourth-order valence-electron chi connectivity index (χ4n) is 4.55. The summed E-state index contributed by atoms with van der Waals surface area (Å²) in [5.74, 6) is -1.47. The van der Waals surface area contributed by atoms with Gasteiger partial charge in [0.2, 0.25) is 0 Å². The minimum absolute atomic E-state index is 0.142. The van der Waals surface area contributed by atoms with E-state index in [2.05, 4.69) is 16.9 Å². The van der Waals surface area contributed by atoms with Gasteiger partial charge in [-0.25, -0.2) is 8.78 Å². The van der Waals surface area contributed by atoms with Crippen LogP contribution in [-0.4, -0.2) is 16.7 Å². The number of hydrogen-bond donors (Lipinski definition) is 2. The summed E-state index contributed by atoms with van der Waals surface area (Å²) in [5.41, 5.74) is 5.88. The van der Waals surface area contributed by atoms with E-state index in [4.69, 9.17) is 5.73 Å². The van der Waals surface area contributed by atoms with E-state index in [1.807, 2.05) is 0 Å². The van der Waals surface area contributed by atoms with Crippen molar-refractivity contribution < 1.29 is 13.6 Å². The van der Waals surface area contributed by atoms with Gasteiger partial charge >= 0.3 is 0 Å². The number of halogens is 2. The number of aliphatic imine (C=N–C) groups is 1. The molecule has 35 heavy (non-hydrogen) atoms. The van der Waals surface area contributed by atoms with Crippen molar-refractivity contribution >= 4 is 28.6 Å². The van der Waals surface area contributed by atoms with Crippen LogP contribution in [0, 0.1) is 24.5 Å². The molecule has 1 amide bonds. The number of nitrogens with two attached hydrogens (primary N) is 1. The second-order valence-electron chi connectivity index (χ2n) is 8.57. The van der Waals surface area contributed by atoms with Crippen LogP contribution in [0.1, 0.15) is 46.9 Å². The highest BCUT2D eigenvalue weighted by Gasteiger charge is 2.32. The first-order valence-corrected chi connectivity index (χ1v) is 11.3. The smallest absolute Gasteiger partial charge is 0.266 e. The zero-order valence-electron chi connectivity index (χ0n) is 19.3. The molecular weight excluding hydrogens is 450 g/mol. The van der Waals surface area contributed by atoms with Crippen LogP contribution in [0.4, 0.5) is 8.78 Å². The van der Waals surface area contributed by atoms with Gasteiger partial charge in [0.1, 0.15) is 11.6 Å². The van der Waals surface area contributed by atoms with Crippen LogP contribution in [0.15, 0.2) is 71.2 Å². The quantitative estimate of drug-likeness (QED) is 0.479. The molecule has 1 aromatic heterocycles. The molecule has 1 aliphatic rings. The molecule has 1 atom stereocenters. The Morgan fingerprint density at radius 3 is 2.66 bits per heavy atom. The third kappa shape index (κ3) is 4.64. The number of carbonyl (C=O) groups is 1. The van der Waals surface area contributed by atoms with Crippen LogP contribution in [0.3, 0.4) is 0 Å². The predicted molar refractivity (Wildman–Crippen MR) is 134 cm³/mol. The number of rotatable bonds is 7. The SMILES string of the molecule is C=C(C=N/C=C\N)n1c(C)c(C(=O)N[C@H](c2cccc(F)c2)C2CCC2)c2cccc(F)c2c1=O. The highest BCUT2D eigenvalue weighted by Crippen LogP contribution is 2.38. The molecule has 3 aromatic rings. The lowest BCUT2D eigenvalue weighted by Gasteiger charge is -2.35. The Balaban J connectivity index is 1.85. The molecule has 180 valence electrons. The maximum atomic E-state index is 14.9. The summed E-state index contributed by atoms with van der Waals surface area (Å²) in [6.45, 7) is 5.46. The minimum Gasteiger partial charge on any atom is -0.403 e. The Hall–Kier alpha value is -4.07. The Morgan fingerprint density at radius 1 is 1.26 bits per heavy atom. The van der Waals surface area contributed by atoms with Gasteiger partial charge in [-0.05, 0) is 49.4 Å². The van der Waals surface area contributed by atoms with Crippen molar-refractivity contribution in [2.24, 2.45) is 16.6 Å². The fourth-order valence-corrected chi connectivity index (χ4v) is 4.55. The molecule has 2 aromatic carbocycles. The lowest BCUT2D eigenvalue weighted by molar-refractivity contribution is 0.0901. The Labute approximate surface area is 201 Å². The molecule has 3 N–H and O–H groups in total. The van der Waals surface area contributed by atoms with Crippen LogP contribution in [0.25, 0.3) is 16.5 Å². The van der Waals surface area contributed by atoms with E-state index in [0.717, 1.165) is 23.8 Å². The minimum atomic E-state index is -0.748. The van der Waals surface area contributed by atoms with Crippen molar-refractivity contribution in [2.75, 3.05) is 0 Å². The molecule has 6 nitrogen and oxygen atoms in total. The topological polar surface area (TPSA) is 89.5 Å². The molecule has 1 saturated carbocycles. The molecule has 1 heterocycles. The molecule has 0 unspecified atom stereocenters. The first-order valence-electron chi connectivity index (χ1n) is 11.3. The Kier molecular flexibility index (Phi) is 6.91. The number of hydrogen-bond acceptors (Lipinski definition) is 4. The van der Waals surface area contributed by atoms with Crippen molar-refractivity contribution in [1.29, 1.82) is 0 Å². The number of carbonyl (C=O) groups excluding carboxylic acids is 1. The van der Waals surface area contributed by atoms with E-state index in [9.17, 15) is 18.4 Å². The van der Waals surface area contributed by atoms with Crippen LogP contribution < -0.4 is 16.6 Å². The molecule has 4 rings (SSSR count). The standard InChI is InChI=1S/C27H26F2N4O2/c1-16(15-31-13-12-30)33-17(2)23(21-10-5-11-22(29)24(21)27(33)35)26(34)32-25(18-6-3-7-18)19-8-4-9-20(28)14-19/h4-5,8-15,18,25H,1,3,6-7,30H2,2H3,(H,32,34)/b13-12-,31-15?/t25-/m0/s1. The second kappa shape index (κ2) is 10.0. The summed E-state index contributed by atoms with van der Waals surface area (Å²) in [4.78, 5) is 30.9. The second-order valence-corrected chi connectivity index (χ2v) is 8.57. The average Bonchev–Trinajstić information content (AvgIpc) is 2.77. The van der Waals surface area contributed by atoms with Crippen molar-refractivity contribution in [1.82, 2.24) is 9.88 Å². The number of benzene rings is 2. The van der Waals surface area contributed by atoms with Gasteiger partial charge in [0.15, 0.2) is 0 Å². The van der Waals surface area contributed by atoms with Gasteiger partial charge in [0.05, 0.1) is 28.9 Å². The number of fused-ring (bicyclic) bond motifs is 1. The molecule has 1 aliphatic carbocycles. The molecular formula is C27H26F2N4O2. The first-order chi connectivity index (χ1) is 16.8. The van der Waals surface area contributed by atoms with Gasteiger partial charge in [-0.2, -0.15) is 0 Å². The third-order valence-corrected chi connectivity index (χ3v) is 6.42. The molecule has 1 fully saturated rings. The summed E-state index contributed by atoms with van der Waals surface area (Å²) >= 11 is 0. The molecule has 0 spiro atoms. The van der Waals surface area contributed by atoms with E-state index in [-0.39, 0.29) is 39.5 Å². The predicted octanol–water partition coefficient (Wildman–Crippen LogP) is 4.83. The maximum absolute atomic E-state index is 14.9. The van der Waals surface area contributed by atoms with Crippen molar-refractivity contribution in [3.63, 3.8) is 0 Å². The normalized spacial score (nSPS) is 14.9. The highest BCUT2D eigenvalue weighted by molar-refractivity contribution is 6.10.